The van der Waals surface area contributed by atoms with E-state index in [1.54, 1.807) is 6.20 Å². The van der Waals surface area contributed by atoms with Crippen LogP contribution < -0.4 is 5.32 Å². The van der Waals surface area contributed by atoms with Crippen LogP contribution in [0.1, 0.15) is 40.2 Å². The summed E-state index contributed by atoms with van der Waals surface area (Å²) < 4.78 is 16.9. The van der Waals surface area contributed by atoms with E-state index in [2.05, 4.69) is 29.4 Å². The van der Waals surface area contributed by atoms with E-state index < -0.39 is 11.7 Å². The SMILES string of the molecule is CC1(C)C[C@@H](n2ccc3ccnnc32)[C@H](F)C(C)(C)N1. The first-order valence-electron chi connectivity index (χ1n) is 7.02. The van der Waals surface area contributed by atoms with Gasteiger partial charge in [-0.05, 0) is 46.2 Å². The third-order valence-corrected chi connectivity index (χ3v) is 4.16. The van der Waals surface area contributed by atoms with Crippen LogP contribution in [0.2, 0.25) is 0 Å². The first kappa shape index (κ1) is 13.5. The van der Waals surface area contributed by atoms with E-state index in [1.165, 1.54) is 0 Å². The smallest absolute Gasteiger partial charge is 0.162 e. The number of rotatable bonds is 1. The number of fused-ring (bicyclic) bond motifs is 1. The van der Waals surface area contributed by atoms with Crippen LogP contribution in [0.4, 0.5) is 4.39 Å². The Labute approximate surface area is 118 Å². The van der Waals surface area contributed by atoms with Crippen molar-refractivity contribution in [2.45, 2.75) is 57.4 Å². The van der Waals surface area contributed by atoms with E-state index in [0.29, 0.717) is 0 Å². The van der Waals surface area contributed by atoms with Crippen LogP contribution in [0.15, 0.2) is 24.5 Å². The molecule has 0 amide bonds. The molecule has 4 nitrogen and oxygen atoms in total. The highest BCUT2D eigenvalue weighted by molar-refractivity contribution is 5.75. The Kier molecular flexibility index (Phi) is 2.87. The van der Waals surface area contributed by atoms with Crippen LogP contribution >= 0.6 is 0 Å². The summed E-state index contributed by atoms with van der Waals surface area (Å²) in [5, 5.41) is 12.5. The maximum atomic E-state index is 14.9. The molecule has 5 heteroatoms. The number of aromatic nitrogens is 3. The molecule has 2 atom stereocenters. The van der Waals surface area contributed by atoms with Gasteiger partial charge in [-0.25, -0.2) is 4.39 Å². The summed E-state index contributed by atoms with van der Waals surface area (Å²) in [4.78, 5) is 0. The molecule has 0 saturated carbocycles. The van der Waals surface area contributed by atoms with Crippen molar-refractivity contribution in [3.8, 4) is 0 Å². The molecule has 1 saturated heterocycles. The quantitative estimate of drug-likeness (QED) is 0.871. The Morgan fingerprint density at radius 3 is 2.80 bits per heavy atom. The van der Waals surface area contributed by atoms with E-state index in [4.69, 9.17) is 0 Å². The molecule has 1 aliphatic heterocycles. The molecular weight excluding hydrogens is 255 g/mol. The maximum Gasteiger partial charge on any atom is 0.162 e. The third-order valence-electron chi connectivity index (χ3n) is 4.16. The number of hydrogen-bond acceptors (Lipinski definition) is 3. The number of halogens is 1. The molecule has 0 unspecified atom stereocenters. The second-order valence-electron chi connectivity index (χ2n) is 6.94. The Hall–Kier alpha value is -1.49. The third kappa shape index (κ3) is 2.10. The Morgan fingerprint density at radius 1 is 1.30 bits per heavy atom. The van der Waals surface area contributed by atoms with Crippen LogP contribution in [0.3, 0.4) is 0 Å². The van der Waals surface area contributed by atoms with Gasteiger partial charge in [0.2, 0.25) is 0 Å². The van der Waals surface area contributed by atoms with Crippen LogP contribution in [0, 0.1) is 0 Å². The molecule has 108 valence electrons. The summed E-state index contributed by atoms with van der Waals surface area (Å²) in [6.07, 6.45) is 3.33. The van der Waals surface area contributed by atoms with Crippen LogP contribution in [0.5, 0.6) is 0 Å². The van der Waals surface area contributed by atoms with E-state index in [-0.39, 0.29) is 11.6 Å². The zero-order valence-electron chi connectivity index (χ0n) is 12.4. The van der Waals surface area contributed by atoms with E-state index in [0.717, 1.165) is 17.5 Å². The largest absolute Gasteiger partial charge is 0.325 e. The molecule has 2 aromatic heterocycles. The Morgan fingerprint density at radius 2 is 2.05 bits per heavy atom. The van der Waals surface area contributed by atoms with E-state index in [1.807, 2.05) is 36.7 Å². The summed E-state index contributed by atoms with van der Waals surface area (Å²) in [6.45, 7) is 8.07. The van der Waals surface area contributed by atoms with Gasteiger partial charge in [0, 0.05) is 22.7 Å². The summed E-state index contributed by atoms with van der Waals surface area (Å²) >= 11 is 0. The number of alkyl halides is 1. The van der Waals surface area contributed by atoms with Crippen LogP contribution in [-0.4, -0.2) is 32.0 Å². The van der Waals surface area contributed by atoms with Crippen molar-refractivity contribution in [2.75, 3.05) is 0 Å². The molecule has 0 aliphatic carbocycles. The van der Waals surface area contributed by atoms with Gasteiger partial charge in [-0.3, -0.25) is 0 Å². The van der Waals surface area contributed by atoms with Gasteiger partial charge in [0.05, 0.1) is 12.2 Å². The standard InChI is InChI=1S/C15H21FN4/c1-14(2)9-11(12(16)15(3,4)19-14)20-8-6-10-5-7-17-18-13(10)20/h5-8,11-12,19H,9H2,1-4H3/t11-,12+/m1/s1. The highest BCUT2D eigenvalue weighted by atomic mass is 19.1. The molecule has 0 aromatic carbocycles. The van der Waals surface area contributed by atoms with Gasteiger partial charge in [-0.2, -0.15) is 5.10 Å². The van der Waals surface area contributed by atoms with Gasteiger partial charge in [-0.1, -0.05) is 0 Å². The monoisotopic (exact) mass is 276 g/mol. The molecule has 0 bridgehead atoms. The second kappa shape index (κ2) is 4.25. The summed E-state index contributed by atoms with van der Waals surface area (Å²) in [5.41, 5.74) is 0.0782. The number of nitrogens with zero attached hydrogens (tertiary/aromatic N) is 3. The maximum absolute atomic E-state index is 14.9. The van der Waals surface area contributed by atoms with Crippen LogP contribution in [0.25, 0.3) is 11.0 Å². The zero-order chi connectivity index (χ0) is 14.5. The first-order chi connectivity index (χ1) is 9.30. The van der Waals surface area contributed by atoms with Crippen molar-refractivity contribution in [2.24, 2.45) is 0 Å². The molecule has 1 fully saturated rings. The minimum absolute atomic E-state index is 0.116. The molecule has 1 N–H and O–H groups in total. The molecule has 0 radical (unpaired) electrons. The number of piperidine rings is 1. The zero-order valence-corrected chi connectivity index (χ0v) is 12.4. The highest BCUT2D eigenvalue weighted by Gasteiger charge is 2.47. The summed E-state index contributed by atoms with van der Waals surface area (Å²) in [6, 6.07) is 3.65. The van der Waals surface area contributed by atoms with Crippen molar-refractivity contribution in [3.05, 3.63) is 24.5 Å². The van der Waals surface area contributed by atoms with Gasteiger partial charge in [0.1, 0.15) is 6.17 Å². The molecule has 0 spiro atoms. The average Bonchev–Trinajstić information content (AvgIpc) is 2.76. The van der Waals surface area contributed by atoms with E-state index >= 15 is 0 Å². The van der Waals surface area contributed by atoms with E-state index in [9.17, 15) is 4.39 Å². The van der Waals surface area contributed by atoms with Crippen molar-refractivity contribution >= 4 is 11.0 Å². The lowest BCUT2D eigenvalue weighted by atomic mass is 9.78. The second-order valence-corrected chi connectivity index (χ2v) is 6.94. The number of hydrogen-bond donors (Lipinski definition) is 1. The lowest BCUT2D eigenvalue weighted by Crippen LogP contribution is -2.64. The average molecular weight is 276 g/mol. The van der Waals surface area contributed by atoms with Gasteiger partial charge >= 0.3 is 0 Å². The van der Waals surface area contributed by atoms with Gasteiger partial charge in [0.25, 0.3) is 0 Å². The molecule has 3 heterocycles. The fourth-order valence-electron chi connectivity index (χ4n) is 3.50. The molecule has 2 aromatic rings. The molecule has 3 rings (SSSR count). The lowest BCUT2D eigenvalue weighted by molar-refractivity contribution is 0.0313. The number of nitrogens with one attached hydrogen (secondary N) is 1. The topological polar surface area (TPSA) is 42.7 Å². The first-order valence-corrected chi connectivity index (χ1v) is 7.02. The normalized spacial score (nSPS) is 28.6. The fourth-order valence-corrected chi connectivity index (χ4v) is 3.50. The minimum Gasteiger partial charge on any atom is -0.325 e. The van der Waals surface area contributed by atoms with Crippen LogP contribution in [-0.2, 0) is 0 Å². The van der Waals surface area contributed by atoms with Crippen molar-refractivity contribution in [1.82, 2.24) is 20.1 Å². The Bertz CT molecular complexity index is 632. The highest BCUT2D eigenvalue weighted by Crippen LogP contribution is 2.39. The van der Waals surface area contributed by atoms with Gasteiger partial charge < -0.3 is 9.88 Å². The molecular formula is C15H21FN4. The molecule has 1 aliphatic rings. The predicted molar refractivity (Wildman–Crippen MR) is 77.4 cm³/mol. The van der Waals surface area contributed by atoms with Gasteiger partial charge in [0.15, 0.2) is 5.65 Å². The predicted octanol–water partition coefficient (Wildman–Crippen LogP) is 2.86. The van der Waals surface area contributed by atoms with Crippen molar-refractivity contribution < 1.29 is 4.39 Å². The fraction of sp³-hybridized carbons (Fsp3) is 0.600. The summed E-state index contributed by atoms with van der Waals surface area (Å²) in [5.74, 6) is 0. The molecule has 20 heavy (non-hydrogen) atoms. The Balaban J connectivity index is 2.08. The summed E-state index contributed by atoms with van der Waals surface area (Å²) in [7, 11) is 0. The van der Waals surface area contributed by atoms with Crippen molar-refractivity contribution in [3.63, 3.8) is 0 Å². The minimum atomic E-state index is -0.979. The van der Waals surface area contributed by atoms with Crippen molar-refractivity contribution in [1.29, 1.82) is 0 Å². The lowest BCUT2D eigenvalue weighted by Gasteiger charge is -2.49. The van der Waals surface area contributed by atoms with Gasteiger partial charge in [-0.15, -0.1) is 5.10 Å².